The van der Waals surface area contributed by atoms with E-state index in [4.69, 9.17) is 10.5 Å². The first-order chi connectivity index (χ1) is 13.1. The maximum Gasteiger partial charge on any atom is 0.311 e. The number of anilines is 1. The number of amides is 2. The van der Waals surface area contributed by atoms with Gasteiger partial charge in [0.15, 0.2) is 11.9 Å². The van der Waals surface area contributed by atoms with Crippen molar-refractivity contribution in [1.29, 1.82) is 0 Å². The minimum atomic E-state index is -0.966. The molecule has 0 saturated heterocycles. The van der Waals surface area contributed by atoms with Crippen molar-refractivity contribution in [2.45, 2.75) is 46.1 Å². The second-order valence-electron chi connectivity index (χ2n) is 6.64. The lowest BCUT2D eigenvalue weighted by Gasteiger charge is -2.17. The molecule has 3 N–H and O–H groups in total. The zero-order valence-electron chi connectivity index (χ0n) is 16.1. The predicted molar refractivity (Wildman–Crippen MR) is 108 cm³/mol. The average Bonchev–Trinajstić information content (AvgIpc) is 3.04. The normalized spacial score (nSPS) is 11.9. The van der Waals surface area contributed by atoms with E-state index >= 15 is 0 Å². The summed E-state index contributed by atoms with van der Waals surface area (Å²) in [7, 11) is 0. The molecule has 0 spiro atoms. The monoisotopic (exact) mass is 405 g/mol. The quantitative estimate of drug-likeness (QED) is 0.507. The number of aryl methyl sites for hydroxylation is 1. The van der Waals surface area contributed by atoms with Gasteiger partial charge in [0.25, 0.3) is 11.8 Å². The van der Waals surface area contributed by atoms with Crippen LogP contribution in [0, 0.1) is 17.0 Å². The molecule has 0 saturated carbocycles. The van der Waals surface area contributed by atoms with Crippen molar-refractivity contribution < 1.29 is 19.2 Å². The van der Waals surface area contributed by atoms with Crippen LogP contribution in [0.1, 0.15) is 53.9 Å². The van der Waals surface area contributed by atoms with Crippen molar-refractivity contribution in [2.24, 2.45) is 5.73 Å². The summed E-state index contributed by atoms with van der Waals surface area (Å²) < 4.78 is 5.63. The molecule has 0 aliphatic heterocycles. The summed E-state index contributed by atoms with van der Waals surface area (Å²) in [5, 5.41) is 14.3. The fourth-order valence-corrected chi connectivity index (χ4v) is 3.58. The lowest BCUT2D eigenvalue weighted by atomic mass is 10.1. The van der Waals surface area contributed by atoms with Gasteiger partial charge in [-0.3, -0.25) is 19.7 Å². The second-order valence-corrected chi connectivity index (χ2v) is 7.73. The standard InChI is InChI=1S/C19H23N3O5S/c1-5-14(27-15-7-6-11(4)8-13(15)22(25)26)18(24)21-19-12(17(20)23)9-16(28-19)10(2)3/h6-10,14H,5H2,1-4H3,(H2,20,23)(H,21,24)/t14-/m0/s1. The van der Waals surface area contributed by atoms with Crippen LogP contribution in [0.5, 0.6) is 5.75 Å². The molecule has 0 fully saturated rings. The second kappa shape index (κ2) is 8.83. The average molecular weight is 405 g/mol. The Morgan fingerprint density at radius 1 is 1.32 bits per heavy atom. The highest BCUT2D eigenvalue weighted by molar-refractivity contribution is 7.16. The third-order valence-corrected chi connectivity index (χ3v) is 5.42. The van der Waals surface area contributed by atoms with E-state index in [2.05, 4.69) is 5.32 Å². The van der Waals surface area contributed by atoms with Gasteiger partial charge in [-0.15, -0.1) is 11.3 Å². The van der Waals surface area contributed by atoms with Gasteiger partial charge in [0.05, 0.1) is 10.5 Å². The molecule has 150 valence electrons. The Balaban J connectivity index is 2.26. The number of thiophene rings is 1. The number of benzene rings is 1. The number of hydrogen-bond acceptors (Lipinski definition) is 6. The van der Waals surface area contributed by atoms with E-state index < -0.39 is 22.8 Å². The third-order valence-electron chi connectivity index (χ3n) is 4.07. The summed E-state index contributed by atoms with van der Waals surface area (Å²) >= 11 is 1.27. The first-order valence-corrected chi connectivity index (χ1v) is 9.61. The number of primary amides is 1. The minimum Gasteiger partial charge on any atom is -0.473 e. The number of nitrogens with one attached hydrogen (secondary N) is 1. The fourth-order valence-electron chi connectivity index (χ4n) is 2.51. The summed E-state index contributed by atoms with van der Waals surface area (Å²) in [6.07, 6.45) is -0.683. The molecule has 9 heteroatoms. The number of ether oxygens (including phenoxy) is 1. The molecule has 0 bridgehead atoms. The van der Waals surface area contributed by atoms with E-state index in [1.165, 1.54) is 23.5 Å². The number of hydrogen-bond donors (Lipinski definition) is 2. The smallest absolute Gasteiger partial charge is 0.311 e. The Bertz CT molecular complexity index is 907. The van der Waals surface area contributed by atoms with E-state index in [1.54, 1.807) is 26.0 Å². The van der Waals surface area contributed by atoms with Gasteiger partial charge in [-0.05, 0) is 37.0 Å². The molecule has 0 radical (unpaired) electrons. The number of nitro benzene ring substituents is 1. The van der Waals surface area contributed by atoms with Gasteiger partial charge < -0.3 is 15.8 Å². The molecule has 28 heavy (non-hydrogen) atoms. The molecule has 0 aliphatic rings. The molecule has 8 nitrogen and oxygen atoms in total. The first kappa shape index (κ1) is 21.4. The molecule has 0 aliphatic carbocycles. The van der Waals surface area contributed by atoms with Gasteiger partial charge in [-0.25, -0.2) is 0 Å². The predicted octanol–water partition coefficient (Wildman–Crippen LogP) is 3.98. The number of rotatable bonds is 8. The first-order valence-electron chi connectivity index (χ1n) is 8.80. The maximum atomic E-state index is 12.7. The number of nitrogens with two attached hydrogens (primary N) is 1. The third kappa shape index (κ3) is 4.86. The number of carbonyl (C=O) groups is 2. The Hall–Kier alpha value is -2.94. The van der Waals surface area contributed by atoms with E-state index in [1.807, 2.05) is 13.8 Å². The molecule has 2 aromatic rings. The van der Waals surface area contributed by atoms with Gasteiger partial charge in [-0.1, -0.05) is 26.8 Å². The molecular weight excluding hydrogens is 382 g/mol. The Kier molecular flexibility index (Phi) is 6.74. The van der Waals surface area contributed by atoms with Crippen molar-refractivity contribution in [3.63, 3.8) is 0 Å². The largest absolute Gasteiger partial charge is 0.473 e. The Morgan fingerprint density at radius 2 is 2.00 bits per heavy atom. The molecule has 0 unspecified atom stereocenters. The highest BCUT2D eigenvalue weighted by Crippen LogP contribution is 2.33. The van der Waals surface area contributed by atoms with E-state index in [0.29, 0.717) is 10.6 Å². The van der Waals surface area contributed by atoms with Gasteiger partial charge in [0, 0.05) is 10.9 Å². The zero-order valence-corrected chi connectivity index (χ0v) is 17.0. The van der Waals surface area contributed by atoms with Crippen molar-refractivity contribution in [1.82, 2.24) is 0 Å². The van der Waals surface area contributed by atoms with Crippen LogP contribution in [0.15, 0.2) is 24.3 Å². The molecule has 1 heterocycles. The van der Waals surface area contributed by atoms with E-state index in [-0.39, 0.29) is 29.3 Å². The van der Waals surface area contributed by atoms with Crippen LogP contribution >= 0.6 is 11.3 Å². The summed E-state index contributed by atoms with van der Waals surface area (Å²) in [4.78, 5) is 36.0. The van der Waals surface area contributed by atoms with E-state index in [0.717, 1.165) is 4.88 Å². The van der Waals surface area contributed by atoms with Crippen molar-refractivity contribution in [3.8, 4) is 5.75 Å². The summed E-state index contributed by atoms with van der Waals surface area (Å²) in [6.45, 7) is 7.40. The van der Waals surface area contributed by atoms with Gasteiger partial charge >= 0.3 is 5.69 Å². The zero-order chi connectivity index (χ0) is 21.0. The van der Waals surface area contributed by atoms with Gasteiger partial charge in [0.1, 0.15) is 5.00 Å². The highest BCUT2D eigenvalue weighted by atomic mass is 32.1. The summed E-state index contributed by atoms with van der Waals surface area (Å²) in [6, 6.07) is 6.20. The molecule has 1 atom stereocenters. The Morgan fingerprint density at radius 3 is 2.54 bits per heavy atom. The molecule has 1 aromatic heterocycles. The molecular formula is C19H23N3O5S. The molecule has 2 amide bonds. The number of nitro groups is 1. The van der Waals surface area contributed by atoms with Crippen LogP contribution in [0.25, 0.3) is 0 Å². The van der Waals surface area contributed by atoms with Crippen LogP contribution in [-0.4, -0.2) is 22.8 Å². The number of carbonyl (C=O) groups excluding carboxylic acids is 2. The summed E-state index contributed by atoms with van der Waals surface area (Å²) in [5.74, 6) is -0.956. The van der Waals surface area contributed by atoms with Crippen LogP contribution in [0.3, 0.4) is 0 Å². The van der Waals surface area contributed by atoms with Crippen LogP contribution < -0.4 is 15.8 Å². The minimum absolute atomic E-state index is 0.0155. The summed E-state index contributed by atoms with van der Waals surface area (Å²) in [5.41, 5.74) is 6.15. The SMILES string of the molecule is CC[C@H](Oc1ccc(C)cc1[N+](=O)[O-])C(=O)Nc1sc(C(C)C)cc1C(N)=O. The Labute approximate surface area is 166 Å². The molecule has 2 rings (SSSR count). The van der Waals surface area contributed by atoms with Gasteiger partial charge in [-0.2, -0.15) is 0 Å². The lowest BCUT2D eigenvalue weighted by Crippen LogP contribution is -2.33. The number of nitrogens with zero attached hydrogens (tertiary/aromatic N) is 1. The topological polar surface area (TPSA) is 125 Å². The van der Waals surface area contributed by atoms with Crippen molar-refractivity contribution in [2.75, 3.05) is 5.32 Å². The fraction of sp³-hybridized carbons (Fsp3) is 0.368. The van der Waals surface area contributed by atoms with Crippen molar-refractivity contribution >= 4 is 33.8 Å². The molecule has 1 aromatic carbocycles. The van der Waals surface area contributed by atoms with Crippen LogP contribution in [-0.2, 0) is 4.79 Å². The van der Waals surface area contributed by atoms with Crippen LogP contribution in [0.4, 0.5) is 10.7 Å². The lowest BCUT2D eigenvalue weighted by molar-refractivity contribution is -0.386. The maximum absolute atomic E-state index is 12.7. The van der Waals surface area contributed by atoms with Crippen LogP contribution in [0.2, 0.25) is 0 Å². The van der Waals surface area contributed by atoms with E-state index in [9.17, 15) is 19.7 Å². The highest BCUT2D eigenvalue weighted by Gasteiger charge is 2.26. The van der Waals surface area contributed by atoms with Crippen molar-refractivity contribution in [3.05, 3.63) is 50.4 Å². The van der Waals surface area contributed by atoms with Gasteiger partial charge in [0.2, 0.25) is 0 Å².